The quantitative estimate of drug-likeness (QED) is 0.626. The highest BCUT2D eigenvalue weighted by Crippen LogP contribution is 2.28. The van der Waals surface area contributed by atoms with Crippen molar-refractivity contribution in [2.45, 2.75) is 11.1 Å². The van der Waals surface area contributed by atoms with Crippen LogP contribution >= 0.6 is 0 Å². The van der Waals surface area contributed by atoms with Crippen LogP contribution in [0, 0.1) is 0 Å². The summed E-state index contributed by atoms with van der Waals surface area (Å²) in [6.07, 6.45) is -1.27. The predicted molar refractivity (Wildman–Crippen MR) is 92.8 cm³/mol. The first-order chi connectivity index (χ1) is 12.3. The lowest BCUT2D eigenvalue weighted by molar-refractivity contribution is -0.117. The molecule has 0 aliphatic carbocycles. The maximum Gasteiger partial charge on any atom is 0.335 e. The van der Waals surface area contributed by atoms with Gasteiger partial charge in [-0.1, -0.05) is 12.1 Å². The number of anilines is 2. The minimum atomic E-state index is -3.86. The van der Waals surface area contributed by atoms with Crippen molar-refractivity contribution >= 4 is 33.3 Å². The molecule has 9 nitrogen and oxygen atoms in total. The van der Waals surface area contributed by atoms with Gasteiger partial charge in [0.2, 0.25) is 10.0 Å². The van der Waals surface area contributed by atoms with Crippen molar-refractivity contribution in [3.63, 3.8) is 0 Å². The summed E-state index contributed by atoms with van der Waals surface area (Å²) >= 11 is 0. The number of carboxylic acids is 1. The summed E-state index contributed by atoms with van der Waals surface area (Å²) in [5.74, 6) is -1.65. The zero-order chi connectivity index (χ0) is 18.9. The smallest absolute Gasteiger partial charge is 0.335 e. The van der Waals surface area contributed by atoms with E-state index in [9.17, 15) is 18.0 Å². The first-order valence-corrected chi connectivity index (χ1v) is 8.90. The number of hydrogen-bond acceptors (Lipinski definition) is 6. The van der Waals surface area contributed by atoms with E-state index in [1.807, 2.05) is 0 Å². The van der Waals surface area contributed by atoms with E-state index in [0.29, 0.717) is 0 Å². The van der Waals surface area contributed by atoms with Gasteiger partial charge in [0.25, 0.3) is 5.91 Å². The molecule has 1 aliphatic heterocycles. The highest BCUT2D eigenvalue weighted by Gasteiger charge is 2.33. The fourth-order valence-corrected chi connectivity index (χ4v) is 3.76. The molecule has 0 aromatic heterocycles. The molecule has 2 aromatic carbocycles. The number of sulfonamides is 1. The lowest BCUT2D eigenvalue weighted by atomic mass is 10.2. The van der Waals surface area contributed by atoms with Gasteiger partial charge < -0.3 is 20.5 Å². The van der Waals surface area contributed by atoms with Gasteiger partial charge >= 0.3 is 5.97 Å². The van der Waals surface area contributed by atoms with Crippen molar-refractivity contribution in [1.82, 2.24) is 4.72 Å². The van der Waals surface area contributed by atoms with Crippen molar-refractivity contribution in [1.29, 1.82) is 0 Å². The zero-order valence-electron chi connectivity index (χ0n) is 13.5. The summed E-state index contributed by atoms with van der Waals surface area (Å²) < 4.78 is 31.9. The Bertz CT molecular complexity index is 989. The van der Waals surface area contributed by atoms with Gasteiger partial charge in [0, 0.05) is 0 Å². The maximum atomic E-state index is 12.5. The summed E-state index contributed by atoms with van der Waals surface area (Å²) in [4.78, 5) is 23.7. The van der Waals surface area contributed by atoms with Gasteiger partial charge in [-0.05, 0) is 30.3 Å². The Morgan fingerprint density at radius 1 is 1.19 bits per heavy atom. The van der Waals surface area contributed by atoms with E-state index < -0.39 is 28.1 Å². The Labute approximate surface area is 149 Å². The highest BCUT2D eigenvalue weighted by atomic mass is 32.2. The summed E-state index contributed by atoms with van der Waals surface area (Å²) in [5.41, 5.74) is 0.346. The molecule has 0 bridgehead atoms. The first-order valence-electron chi connectivity index (χ1n) is 7.42. The minimum Gasteiger partial charge on any atom is -0.495 e. The third-order valence-corrected chi connectivity index (χ3v) is 5.20. The number of aromatic carboxylic acids is 1. The van der Waals surface area contributed by atoms with Crippen LogP contribution in [0.2, 0.25) is 0 Å². The van der Waals surface area contributed by atoms with Gasteiger partial charge in [0.05, 0.1) is 24.0 Å². The molecule has 0 spiro atoms. The summed E-state index contributed by atoms with van der Waals surface area (Å²) in [5, 5.41) is 14.3. The molecule has 10 heteroatoms. The normalized spacial score (nSPS) is 17.5. The van der Waals surface area contributed by atoms with Crippen molar-refractivity contribution in [2.75, 3.05) is 17.7 Å². The molecule has 136 valence electrons. The third-order valence-electron chi connectivity index (χ3n) is 3.72. The van der Waals surface area contributed by atoms with E-state index >= 15 is 0 Å². The number of nitrogens with one attached hydrogen (secondary N) is 3. The van der Waals surface area contributed by atoms with Crippen LogP contribution in [0.1, 0.15) is 10.4 Å². The van der Waals surface area contributed by atoms with Gasteiger partial charge in [0.15, 0.2) is 6.17 Å². The Hall–Kier alpha value is -3.11. The van der Waals surface area contributed by atoms with Crippen molar-refractivity contribution in [3.05, 3.63) is 48.0 Å². The van der Waals surface area contributed by atoms with Crippen LogP contribution in [0.15, 0.2) is 47.4 Å². The topological polar surface area (TPSA) is 134 Å². The van der Waals surface area contributed by atoms with E-state index in [0.717, 1.165) is 0 Å². The third kappa shape index (κ3) is 3.32. The number of amides is 1. The second kappa shape index (κ2) is 6.65. The summed E-state index contributed by atoms with van der Waals surface area (Å²) in [6.45, 7) is 0. The number of methoxy groups -OCH3 is 1. The Morgan fingerprint density at radius 3 is 2.62 bits per heavy atom. The lowest BCUT2D eigenvalue weighted by Crippen LogP contribution is -2.51. The number of rotatable bonds is 4. The highest BCUT2D eigenvalue weighted by molar-refractivity contribution is 7.89. The molecule has 0 radical (unpaired) electrons. The van der Waals surface area contributed by atoms with Crippen LogP contribution in [0.3, 0.4) is 0 Å². The fraction of sp³-hybridized carbons (Fsp3) is 0.125. The molecule has 0 saturated heterocycles. The number of benzene rings is 2. The van der Waals surface area contributed by atoms with Gasteiger partial charge in [-0.3, -0.25) is 4.79 Å². The Kier molecular flexibility index (Phi) is 4.53. The molecular formula is C16H15N3O6S. The van der Waals surface area contributed by atoms with E-state index in [2.05, 4.69) is 15.4 Å². The number of ether oxygens (including phenoxy) is 1. The SMILES string of the molecule is COc1ccc(C(=O)O)cc1NC(=O)[C@H]1Nc2ccccc2S(=O)(=O)N1. The molecule has 1 aliphatic rings. The molecule has 2 aromatic rings. The standard InChI is InChI=1S/C16H15N3O6S/c1-25-12-7-6-9(16(21)22)8-11(12)18-15(20)14-17-10-4-2-3-5-13(10)26(23,24)19-14/h2-8,14,17,19H,1H3,(H,18,20)(H,21,22)/t14-/m0/s1. The molecule has 0 unspecified atom stereocenters. The van der Waals surface area contributed by atoms with E-state index in [1.54, 1.807) is 18.2 Å². The number of hydrogen-bond donors (Lipinski definition) is 4. The monoisotopic (exact) mass is 377 g/mol. The summed E-state index contributed by atoms with van der Waals surface area (Å²) in [7, 11) is -2.50. The van der Waals surface area contributed by atoms with Crippen LogP contribution in [-0.4, -0.2) is 38.7 Å². The van der Waals surface area contributed by atoms with Crippen molar-refractivity contribution in [3.8, 4) is 5.75 Å². The molecule has 3 rings (SSSR count). The van der Waals surface area contributed by atoms with Gasteiger partial charge in [-0.2, -0.15) is 4.72 Å². The molecule has 0 fully saturated rings. The van der Waals surface area contributed by atoms with Crippen molar-refractivity contribution in [2.24, 2.45) is 0 Å². The maximum absolute atomic E-state index is 12.5. The molecular weight excluding hydrogens is 362 g/mol. The number of carbonyl (C=O) groups excluding carboxylic acids is 1. The van der Waals surface area contributed by atoms with Crippen LogP contribution < -0.4 is 20.1 Å². The number of carboxylic acid groups (broad SMARTS) is 1. The van der Waals surface area contributed by atoms with Crippen LogP contribution in [0.25, 0.3) is 0 Å². The molecule has 4 N–H and O–H groups in total. The van der Waals surface area contributed by atoms with Crippen molar-refractivity contribution < 1.29 is 27.9 Å². The predicted octanol–water partition coefficient (Wildman–Crippen LogP) is 1.06. The van der Waals surface area contributed by atoms with E-state index in [-0.39, 0.29) is 27.6 Å². The summed E-state index contributed by atoms with van der Waals surface area (Å²) in [6, 6.07) is 10.1. The molecule has 1 amide bonds. The second-order valence-corrected chi connectivity index (χ2v) is 7.09. The molecule has 1 heterocycles. The number of para-hydroxylation sites is 1. The van der Waals surface area contributed by atoms with Gasteiger partial charge in [-0.15, -0.1) is 0 Å². The average Bonchev–Trinajstić information content (AvgIpc) is 2.61. The molecule has 1 atom stereocenters. The van der Waals surface area contributed by atoms with Crippen LogP contribution in [-0.2, 0) is 14.8 Å². The van der Waals surface area contributed by atoms with Crippen LogP contribution in [0.4, 0.5) is 11.4 Å². The minimum absolute atomic E-state index is 0.0366. The molecule has 0 saturated carbocycles. The second-order valence-electron chi connectivity index (χ2n) is 5.40. The fourth-order valence-electron chi connectivity index (χ4n) is 2.49. The van der Waals surface area contributed by atoms with Gasteiger partial charge in [-0.25, -0.2) is 13.2 Å². The number of carbonyl (C=O) groups is 2. The van der Waals surface area contributed by atoms with Gasteiger partial charge in [0.1, 0.15) is 10.6 Å². The largest absolute Gasteiger partial charge is 0.495 e. The first kappa shape index (κ1) is 17.7. The van der Waals surface area contributed by atoms with Crippen LogP contribution in [0.5, 0.6) is 5.75 Å². The number of fused-ring (bicyclic) bond motifs is 1. The molecule has 26 heavy (non-hydrogen) atoms. The Balaban J connectivity index is 1.88. The van der Waals surface area contributed by atoms with E-state index in [1.165, 1.54) is 31.4 Å². The lowest BCUT2D eigenvalue weighted by Gasteiger charge is -2.27. The zero-order valence-corrected chi connectivity index (χ0v) is 14.3. The average molecular weight is 377 g/mol. The Morgan fingerprint density at radius 2 is 1.92 bits per heavy atom. The van der Waals surface area contributed by atoms with E-state index in [4.69, 9.17) is 9.84 Å².